The molecule has 1 saturated carbocycles. The van der Waals surface area contributed by atoms with Crippen molar-refractivity contribution >= 4 is 16.8 Å². The van der Waals surface area contributed by atoms with Crippen LogP contribution in [0.5, 0.6) is 0 Å². The van der Waals surface area contributed by atoms with Crippen molar-refractivity contribution in [3.05, 3.63) is 77.0 Å². The molecule has 1 heterocycles. The van der Waals surface area contributed by atoms with Crippen LogP contribution in [0.3, 0.4) is 0 Å². The third kappa shape index (κ3) is 4.65. The molecule has 0 aliphatic heterocycles. The average molecular weight is 409 g/mol. The van der Waals surface area contributed by atoms with Gasteiger partial charge in [-0.2, -0.15) is 0 Å². The van der Waals surface area contributed by atoms with Crippen LogP contribution in [0.4, 0.5) is 8.78 Å². The van der Waals surface area contributed by atoms with E-state index < -0.39 is 11.6 Å². The Bertz CT molecular complexity index is 1060. The van der Waals surface area contributed by atoms with Crippen LogP contribution in [0, 0.1) is 18.6 Å². The number of aromatic nitrogens is 1. The molecule has 4 rings (SSSR count). The second-order valence-corrected chi connectivity index (χ2v) is 7.98. The van der Waals surface area contributed by atoms with E-state index in [4.69, 9.17) is 4.98 Å². The van der Waals surface area contributed by atoms with Gasteiger partial charge in [0.25, 0.3) is 5.91 Å². The number of amides is 1. The van der Waals surface area contributed by atoms with Gasteiger partial charge in [0.05, 0.1) is 11.2 Å². The number of aryl methyl sites for hydroxylation is 1. The van der Waals surface area contributed by atoms with Crippen molar-refractivity contribution < 1.29 is 13.6 Å². The first-order valence-electron chi connectivity index (χ1n) is 10.3. The molecule has 2 aromatic carbocycles. The molecule has 0 saturated heterocycles. The highest BCUT2D eigenvalue weighted by atomic mass is 19.2. The minimum absolute atomic E-state index is 0.0460. The van der Waals surface area contributed by atoms with Crippen molar-refractivity contribution in [1.82, 2.24) is 15.6 Å². The molecule has 2 N–H and O–H groups in total. The molecular formula is C24H25F2N3O. The monoisotopic (exact) mass is 409 g/mol. The van der Waals surface area contributed by atoms with Crippen LogP contribution in [0.25, 0.3) is 10.9 Å². The summed E-state index contributed by atoms with van der Waals surface area (Å²) in [6.45, 7) is 2.82. The normalized spacial score (nSPS) is 19.0. The summed E-state index contributed by atoms with van der Waals surface area (Å²) in [5, 5.41) is 7.70. The lowest BCUT2D eigenvalue weighted by Gasteiger charge is -2.29. The first-order valence-corrected chi connectivity index (χ1v) is 10.3. The lowest BCUT2D eigenvalue weighted by Crippen LogP contribution is -2.42. The number of carbonyl (C=O) groups is 1. The van der Waals surface area contributed by atoms with E-state index in [-0.39, 0.29) is 17.5 Å². The van der Waals surface area contributed by atoms with Crippen molar-refractivity contribution in [2.45, 2.75) is 51.2 Å². The van der Waals surface area contributed by atoms with Crippen LogP contribution >= 0.6 is 0 Å². The van der Waals surface area contributed by atoms with Gasteiger partial charge in [-0.25, -0.2) is 8.78 Å². The number of fused-ring (bicyclic) bond motifs is 1. The number of carbonyl (C=O) groups excluding carboxylic acids is 1. The highest BCUT2D eigenvalue weighted by Gasteiger charge is 2.23. The van der Waals surface area contributed by atoms with Gasteiger partial charge in [0.2, 0.25) is 0 Å². The van der Waals surface area contributed by atoms with Gasteiger partial charge in [-0.05, 0) is 68.5 Å². The van der Waals surface area contributed by atoms with Crippen LogP contribution in [-0.4, -0.2) is 23.0 Å². The molecule has 1 fully saturated rings. The fraction of sp³-hybridized carbons (Fsp3) is 0.333. The van der Waals surface area contributed by atoms with Crippen molar-refractivity contribution in [1.29, 1.82) is 0 Å². The van der Waals surface area contributed by atoms with Crippen LogP contribution in [0.2, 0.25) is 0 Å². The maximum absolute atomic E-state index is 13.3. The van der Waals surface area contributed by atoms with Gasteiger partial charge >= 0.3 is 0 Å². The predicted octanol–water partition coefficient (Wildman–Crippen LogP) is 4.65. The van der Waals surface area contributed by atoms with E-state index >= 15 is 0 Å². The van der Waals surface area contributed by atoms with Crippen LogP contribution < -0.4 is 10.6 Å². The maximum atomic E-state index is 13.3. The van der Waals surface area contributed by atoms with Gasteiger partial charge in [-0.1, -0.05) is 18.2 Å². The average Bonchev–Trinajstić information content (AvgIpc) is 2.75. The second-order valence-electron chi connectivity index (χ2n) is 7.98. The van der Waals surface area contributed by atoms with Gasteiger partial charge < -0.3 is 10.6 Å². The van der Waals surface area contributed by atoms with E-state index in [1.807, 2.05) is 18.2 Å². The Kier molecular flexibility index (Phi) is 6.04. The fourth-order valence-corrected chi connectivity index (χ4v) is 4.11. The van der Waals surface area contributed by atoms with Gasteiger partial charge in [0.15, 0.2) is 11.6 Å². The summed E-state index contributed by atoms with van der Waals surface area (Å²) in [4.78, 5) is 17.0. The van der Waals surface area contributed by atoms with E-state index in [1.54, 1.807) is 0 Å². The zero-order valence-electron chi connectivity index (χ0n) is 16.9. The summed E-state index contributed by atoms with van der Waals surface area (Å²) >= 11 is 0. The van der Waals surface area contributed by atoms with Gasteiger partial charge in [-0.15, -0.1) is 0 Å². The topological polar surface area (TPSA) is 54.0 Å². The van der Waals surface area contributed by atoms with Crippen LogP contribution in [-0.2, 0) is 6.54 Å². The summed E-state index contributed by atoms with van der Waals surface area (Å²) in [7, 11) is 0. The quantitative estimate of drug-likeness (QED) is 0.645. The Balaban J connectivity index is 1.27. The smallest absolute Gasteiger partial charge is 0.251 e. The lowest BCUT2D eigenvalue weighted by molar-refractivity contribution is 0.0923. The molecule has 0 radical (unpaired) electrons. The summed E-state index contributed by atoms with van der Waals surface area (Å²) in [5.74, 6) is -2.32. The maximum Gasteiger partial charge on any atom is 0.251 e. The third-order valence-corrected chi connectivity index (χ3v) is 5.79. The van der Waals surface area contributed by atoms with Crippen molar-refractivity contribution in [2.75, 3.05) is 0 Å². The summed E-state index contributed by atoms with van der Waals surface area (Å²) < 4.78 is 26.4. The number of para-hydroxylation sites is 1. The number of halogens is 2. The molecule has 0 atom stereocenters. The molecule has 30 heavy (non-hydrogen) atoms. The second kappa shape index (κ2) is 8.88. The zero-order chi connectivity index (χ0) is 21.1. The van der Waals surface area contributed by atoms with E-state index in [2.05, 4.69) is 29.7 Å². The summed E-state index contributed by atoms with van der Waals surface area (Å²) in [5.41, 5.74) is 3.41. The number of benzene rings is 2. The van der Waals surface area contributed by atoms with Crippen LogP contribution in [0.1, 0.15) is 47.3 Å². The molecule has 4 nitrogen and oxygen atoms in total. The zero-order valence-corrected chi connectivity index (χ0v) is 16.9. The number of pyridine rings is 1. The van der Waals surface area contributed by atoms with Crippen molar-refractivity contribution in [2.24, 2.45) is 0 Å². The number of hydrogen-bond acceptors (Lipinski definition) is 3. The molecule has 0 spiro atoms. The van der Waals surface area contributed by atoms with E-state index in [9.17, 15) is 13.6 Å². The molecule has 3 aromatic rings. The Hall–Kier alpha value is -2.86. The Morgan fingerprint density at radius 1 is 1.00 bits per heavy atom. The molecular weight excluding hydrogens is 384 g/mol. The molecule has 0 bridgehead atoms. The lowest BCUT2D eigenvalue weighted by atomic mass is 9.91. The standard InChI is InChI=1S/C24H25F2N3O/c1-15-12-19(28-23-5-3-2-4-20(15)23)14-27-17-7-9-18(10-8-17)29-24(30)16-6-11-21(25)22(26)13-16/h2-6,11-13,17-18,27H,7-10,14H2,1H3,(H,29,30). The molecule has 1 aromatic heterocycles. The molecule has 1 aliphatic carbocycles. The third-order valence-electron chi connectivity index (χ3n) is 5.79. The minimum Gasteiger partial charge on any atom is -0.349 e. The van der Waals surface area contributed by atoms with E-state index in [0.29, 0.717) is 12.6 Å². The Labute approximate surface area is 174 Å². The first kappa shape index (κ1) is 20.4. The number of nitrogens with one attached hydrogen (secondary N) is 2. The number of nitrogens with zero attached hydrogens (tertiary/aromatic N) is 1. The summed E-state index contributed by atoms with van der Waals surface area (Å²) in [6.07, 6.45) is 3.57. The van der Waals surface area contributed by atoms with E-state index in [1.165, 1.54) is 17.0 Å². The van der Waals surface area contributed by atoms with Gasteiger partial charge in [-0.3, -0.25) is 9.78 Å². The van der Waals surface area contributed by atoms with E-state index in [0.717, 1.165) is 49.0 Å². The highest BCUT2D eigenvalue weighted by molar-refractivity contribution is 5.94. The minimum atomic E-state index is -1.01. The molecule has 6 heteroatoms. The van der Waals surface area contributed by atoms with Crippen molar-refractivity contribution in [3.63, 3.8) is 0 Å². The molecule has 156 valence electrons. The Morgan fingerprint density at radius 2 is 1.73 bits per heavy atom. The van der Waals surface area contributed by atoms with Crippen molar-refractivity contribution in [3.8, 4) is 0 Å². The SMILES string of the molecule is Cc1cc(CNC2CCC(NC(=O)c3ccc(F)c(F)c3)CC2)nc2ccccc12. The summed E-state index contributed by atoms with van der Waals surface area (Å²) in [6, 6.07) is 13.9. The Morgan fingerprint density at radius 3 is 2.50 bits per heavy atom. The molecule has 1 amide bonds. The van der Waals surface area contributed by atoms with Crippen LogP contribution in [0.15, 0.2) is 48.5 Å². The highest BCUT2D eigenvalue weighted by Crippen LogP contribution is 2.21. The molecule has 1 aliphatic rings. The number of hydrogen-bond donors (Lipinski definition) is 2. The first-order chi connectivity index (χ1) is 14.5. The fourth-order valence-electron chi connectivity index (χ4n) is 4.11. The predicted molar refractivity (Wildman–Crippen MR) is 113 cm³/mol. The molecule has 0 unspecified atom stereocenters. The van der Waals surface area contributed by atoms with Gasteiger partial charge in [0.1, 0.15) is 0 Å². The van der Waals surface area contributed by atoms with Gasteiger partial charge in [0, 0.05) is 29.6 Å². The number of rotatable bonds is 5. The largest absolute Gasteiger partial charge is 0.349 e.